The van der Waals surface area contributed by atoms with Gasteiger partial charge in [-0.25, -0.2) is 5.43 Å². The summed E-state index contributed by atoms with van der Waals surface area (Å²) in [5.41, 5.74) is 4.31. The molecule has 0 fully saturated rings. The van der Waals surface area contributed by atoms with Crippen molar-refractivity contribution in [2.45, 2.75) is 6.61 Å². The maximum Gasteiger partial charge on any atom is 0.272 e. The second-order valence-electron chi connectivity index (χ2n) is 5.74. The molecule has 3 aromatic carbocycles. The smallest absolute Gasteiger partial charge is 0.272 e. The summed E-state index contributed by atoms with van der Waals surface area (Å²) in [4.78, 5) is 12.2. The Morgan fingerprint density at radius 2 is 1.71 bits per heavy atom. The molecule has 0 spiro atoms. The Bertz CT molecular complexity index is 1020. The Hall–Kier alpha value is -2.53. The molecule has 0 heterocycles. The Morgan fingerprint density at radius 3 is 2.50 bits per heavy atom. The lowest BCUT2D eigenvalue weighted by Crippen LogP contribution is -2.18. The molecule has 0 saturated carbocycles. The highest BCUT2D eigenvalue weighted by Gasteiger charge is 2.10. The molecule has 7 heteroatoms. The highest BCUT2D eigenvalue weighted by molar-refractivity contribution is 6.36. The number of hydrogen-bond acceptors (Lipinski definition) is 3. The quantitative estimate of drug-likeness (QED) is 0.383. The van der Waals surface area contributed by atoms with Crippen LogP contribution in [0.3, 0.4) is 0 Å². The summed E-state index contributed by atoms with van der Waals surface area (Å²) in [5, 5.41) is 5.34. The number of para-hydroxylation sites is 1. The number of amides is 1. The number of nitrogens with one attached hydrogen (secondary N) is 1. The molecule has 4 nitrogen and oxygen atoms in total. The maximum atomic E-state index is 12.2. The zero-order chi connectivity index (χ0) is 19.9. The van der Waals surface area contributed by atoms with Gasteiger partial charge in [-0.3, -0.25) is 4.79 Å². The first-order valence-electron chi connectivity index (χ1n) is 8.28. The molecule has 0 aliphatic heterocycles. The van der Waals surface area contributed by atoms with E-state index in [4.69, 9.17) is 39.5 Å². The van der Waals surface area contributed by atoms with Gasteiger partial charge in [0.15, 0.2) is 0 Å². The van der Waals surface area contributed by atoms with Crippen molar-refractivity contribution in [1.82, 2.24) is 5.43 Å². The zero-order valence-corrected chi connectivity index (χ0v) is 16.8. The number of carbonyl (C=O) groups is 1. The van der Waals surface area contributed by atoms with Crippen LogP contribution in [0.4, 0.5) is 0 Å². The molecular weight excluding hydrogens is 419 g/mol. The first-order valence-corrected chi connectivity index (χ1v) is 9.41. The molecule has 0 radical (unpaired) electrons. The lowest BCUT2D eigenvalue weighted by molar-refractivity contribution is 0.0955. The first-order chi connectivity index (χ1) is 13.5. The van der Waals surface area contributed by atoms with E-state index in [1.54, 1.807) is 6.07 Å². The average molecular weight is 434 g/mol. The van der Waals surface area contributed by atoms with Gasteiger partial charge < -0.3 is 4.74 Å². The number of rotatable bonds is 6. The summed E-state index contributed by atoms with van der Waals surface area (Å²) in [6, 6.07) is 19.4. The molecule has 0 unspecified atom stereocenters. The Labute approximate surface area is 177 Å². The number of ether oxygens (including phenoxy) is 1. The maximum absolute atomic E-state index is 12.2. The minimum absolute atomic E-state index is 0.253. The van der Waals surface area contributed by atoms with Gasteiger partial charge in [-0.05, 0) is 36.4 Å². The van der Waals surface area contributed by atoms with Crippen molar-refractivity contribution in [2.75, 3.05) is 0 Å². The van der Waals surface area contributed by atoms with E-state index in [0.29, 0.717) is 28.0 Å². The first kappa shape index (κ1) is 20.2. The summed E-state index contributed by atoms with van der Waals surface area (Å²) >= 11 is 18.0. The van der Waals surface area contributed by atoms with E-state index in [1.807, 2.05) is 48.5 Å². The van der Waals surface area contributed by atoms with Crippen LogP contribution in [-0.2, 0) is 6.61 Å². The lowest BCUT2D eigenvalue weighted by Gasteiger charge is -2.10. The van der Waals surface area contributed by atoms with Crippen LogP contribution in [0.1, 0.15) is 21.5 Å². The van der Waals surface area contributed by atoms with Crippen LogP contribution < -0.4 is 10.2 Å². The monoisotopic (exact) mass is 432 g/mol. The average Bonchev–Trinajstić information content (AvgIpc) is 2.68. The fourth-order valence-electron chi connectivity index (χ4n) is 2.38. The van der Waals surface area contributed by atoms with E-state index in [1.165, 1.54) is 18.3 Å². The lowest BCUT2D eigenvalue weighted by atomic mass is 10.2. The summed E-state index contributed by atoms with van der Waals surface area (Å²) in [5.74, 6) is 0.178. The summed E-state index contributed by atoms with van der Waals surface area (Å²) in [6.45, 7) is 0.317. The van der Waals surface area contributed by atoms with Gasteiger partial charge in [0.25, 0.3) is 5.91 Å². The molecule has 0 bridgehead atoms. The minimum Gasteiger partial charge on any atom is -0.488 e. The van der Waals surface area contributed by atoms with Crippen LogP contribution in [0, 0.1) is 0 Å². The summed E-state index contributed by atoms with van der Waals surface area (Å²) in [7, 11) is 0. The topological polar surface area (TPSA) is 50.7 Å². The molecule has 3 aromatic rings. The molecule has 0 atom stereocenters. The molecular formula is C21H15Cl3N2O2. The van der Waals surface area contributed by atoms with E-state index in [-0.39, 0.29) is 10.6 Å². The predicted molar refractivity (Wildman–Crippen MR) is 114 cm³/mol. The number of carbonyl (C=O) groups excluding carboxylic acids is 1. The van der Waals surface area contributed by atoms with E-state index < -0.39 is 5.91 Å². The molecule has 3 rings (SSSR count). The van der Waals surface area contributed by atoms with Gasteiger partial charge in [0, 0.05) is 21.2 Å². The van der Waals surface area contributed by atoms with Crippen molar-refractivity contribution in [2.24, 2.45) is 5.10 Å². The second-order valence-corrected chi connectivity index (χ2v) is 6.99. The third-order valence-electron chi connectivity index (χ3n) is 3.81. The largest absolute Gasteiger partial charge is 0.488 e. The summed E-state index contributed by atoms with van der Waals surface area (Å²) in [6.07, 6.45) is 1.50. The molecule has 28 heavy (non-hydrogen) atoms. The molecule has 1 amide bonds. The third-order valence-corrected chi connectivity index (χ3v) is 4.72. The highest BCUT2D eigenvalue weighted by atomic mass is 35.5. The van der Waals surface area contributed by atoms with Crippen LogP contribution in [0.2, 0.25) is 15.1 Å². The fourth-order valence-corrected chi connectivity index (χ4v) is 3.07. The second kappa shape index (κ2) is 9.60. The number of nitrogens with zero attached hydrogens (tertiary/aromatic N) is 1. The summed E-state index contributed by atoms with van der Waals surface area (Å²) < 4.78 is 5.85. The van der Waals surface area contributed by atoms with Crippen LogP contribution in [-0.4, -0.2) is 12.1 Å². The van der Waals surface area contributed by atoms with Gasteiger partial charge in [0.05, 0.1) is 16.8 Å². The standard InChI is InChI=1S/C21H15Cl3N2O2/c22-16-9-10-17(19(24)11-16)21(27)26-25-12-14-5-2-4-8-20(14)28-13-15-6-1-3-7-18(15)23/h1-12H,13H2,(H,26,27)/b25-12+. The SMILES string of the molecule is O=C(N/N=C/c1ccccc1OCc1ccccc1Cl)c1ccc(Cl)cc1Cl. The third kappa shape index (κ3) is 5.26. The van der Waals surface area contributed by atoms with E-state index in [0.717, 1.165) is 5.56 Å². The van der Waals surface area contributed by atoms with Crippen molar-refractivity contribution in [1.29, 1.82) is 0 Å². The van der Waals surface area contributed by atoms with Gasteiger partial charge in [-0.2, -0.15) is 5.10 Å². The molecule has 0 aliphatic rings. The zero-order valence-electron chi connectivity index (χ0n) is 14.5. The van der Waals surface area contributed by atoms with Crippen molar-refractivity contribution < 1.29 is 9.53 Å². The van der Waals surface area contributed by atoms with Gasteiger partial charge in [0.2, 0.25) is 0 Å². The van der Waals surface area contributed by atoms with Gasteiger partial charge in [-0.1, -0.05) is 65.1 Å². The molecule has 0 aromatic heterocycles. The van der Waals surface area contributed by atoms with Crippen molar-refractivity contribution >= 4 is 46.9 Å². The Kier molecular flexibility index (Phi) is 6.93. The van der Waals surface area contributed by atoms with Crippen LogP contribution in [0.5, 0.6) is 5.75 Å². The van der Waals surface area contributed by atoms with Crippen molar-refractivity contribution in [3.05, 3.63) is 98.5 Å². The Balaban J connectivity index is 1.67. The van der Waals surface area contributed by atoms with Gasteiger partial charge in [0.1, 0.15) is 12.4 Å². The predicted octanol–water partition coefficient (Wildman–Crippen LogP) is 5.99. The highest BCUT2D eigenvalue weighted by Crippen LogP contribution is 2.22. The molecule has 1 N–H and O–H groups in total. The molecule has 142 valence electrons. The van der Waals surface area contributed by atoms with E-state index >= 15 is 0 Å². The van der Waals surface area contributed by atoms with E-state index in [2.05, 4.69) is 10.5 Å². The van der Waals surface area contributed by atoms with E-state index in [9.17, 15) is 4.79 Å². The fraction of sp³-hybridized carbons (Fsp3) is 0.0476. The molecule has 0 saturated heterocycles. The van der Waals surface area contributed by atoms with Gasteiger partial charge >= 0.3 is 0 Å². The van der Waals surface area contributed by atoms with Crippen LogP contribution >= 0.6 is 34.8 Å². The van der Waals surface area contributed by atoms with Crippen molar-refractivity contribution in [3.8, 4) is 5.75 Å². The van der Waals surface area contributed by atoms with Gasteiger partial charge in [-0.15, -0.1) is 0 Å². The normalized spacial score (nSPS) is 10.8. The van der Waals surface area contributed by atoms with Crippen molar-refractivity contribution in [3.63, 3.8) is 0 Å². The number of benzene rings is 3. The molecule has 0 aliphatic carbocycles. The Morgan fingerprint density at radius 1 is 0.964 bits per heavy atom. The number of hydrogen-bond donors (Lipinski definition) is 1. The van der Waals surface area contributed by atoms with Crippen LogP contribution in [0.25, 0.3) is 0 Å². The number of hydrazone groups is 1. The van der Waals surface area contributed by atoms with Crippen LogP contribution in [0.15, 0.2) is 71.8 Å². The minimum atomic E-state index is -0.438. The number of halogens is 3.